The molecule has 0 aliphatic rings. The molecule has 5 nitrogen and oxygen atoms in total. The van der Waals surface area contributed by atoms with Gasteiger partial charge in [-0.05, 0) is 12.1 Å². The van der Waals surface area contributed by atoms with Gasteiger partial charge in [-0.25, -0.2) is 4.68 Å². The number of aromatic nitrogens is 2. The Hall–Kier alpha value is -1.76. The highest BCUT2D eigenvalue weighted by Crippen LogP contribution is 2.38. The molecule has 128 valence electrons. The smallest absolute Gasteiger partial charge is 0.383 e. The molecule has 1 aromatic heterocycles. The molecule has 0 radical (unpaired) electrons. The van der Waals surface area contributed by atoms with Crippen molar-refractivity contribution in [1.82, 2.24) is 9.78 Å². The van der Waals surface area contributed by atoms with E-state index in [-0.39, 0.29) is 38.6 Å². The minimum atomic E-state index is -4.62. The van der Waals surface area contributed by atoms with Gasteiger partial charge in [0, 0.05) is 22.6 Å². The monoisotopic (exact) mass is 396 g/mol. The summed E-state index contributed by atoms with van der Waals surface area (Å²) in [4.78, 5) is 0. The Morgan fingerprint density at radius 2 is 1.92 bits per heavy atom. The van der Waals surface area contributed by atoms with E-state index in [0.717, 1.165) is 4.68 Å². The number of nitrogens with two attached hydrogens (primary N) is 1. The van der Waals surface area contributed by atoms with Crippen LogP contribution < -0.4 is 5.73 Å². The predicted molar refractivity (Wildman–Crippen MR) is 85.5 cm³/mol. The van der Waals surface area contributed by atoms with Crippen molar-refractivity contribution in [3.8, 4) is 11.8 Å². The lowest BCUT2D eigenvalue weighted by Gasteiger charge is -2.13. The Morgan fingerprint density at radius 3 is 2.33 bits per heavy atom. The fourth-order valence-corrected chi connectivity index (χ4v) is 3.34. The quantitative estimate of drug-likeness (QED) is 0.859. The third kappa shape index (κ3) is 3.50. The highest BCUT2D eigenvalue weighted by molar-refractivity contribution is 7.83. The van der Waals surface area contributed by atoms with Gasteiger partial charge in [0.15, 0.2) is 5.69 Å². The first-order chi connectivity index (χ1) is 11.1. The number of nitriles is 1. The SMILES string of the molecule is CS(=O)Cc1c(C#N)nn(-c2c(Cl)cc(C(F)(F)F)cc2Cl)c1N. The number of hydrogen-bond donors (Lipinski definition) is 1. The molecule has 0 spiro atoms. The molecule has 0 fully saturated rings. The van der Waals surface area contributed by atoms with E-state index in [9.17, 15) is 17.4 Å². The first-order valence-corrected chi connectivity index (χ1v) is 8.68. The molecule has 2 aromatic rings. The van der Waals surface area contributed by atoms with E-state index >= 15 is 0 Å². The lowest BCUT2D eigenvalue weighted by Crippen LogP contribution is -2.09. The van der Waals surface area contributed by atoms with Gasteiger partial charge in [-0.2, -0.15) is 23.5 Å². The topological polar surface area (TPSA) is 84.7 Å². The summed E-state index contributed by atoms with van der Waals surface area (Å²) >= 11 is 11.8. The Bertz CT molecular complexity index is 850. The molecule has 0 saturated carbocycles. The van der Waals surface area contributed by atoms with Crippen molar-refractivity contribution in [2.75, 3.05) is 12.0 Å². The first-order valence-electron chi connectivity index (χ1n) is 6.20. The van der Waals surface area contributed by atoms with Crippen molar-refractivity contribution >= 4 is 39.8 Å². The third-order valence-electron chi connectivity index (χ3n) is 3.03. The van der Waals surface area contributed by atoms with Crippen LogP contribution in [0.5, 0.6) is 0 Å². The van der Waals surface area contributed by atoms with Crippen molar-refractivity contribution in [3.05, 3.63) is 39.0 Å². The van der Waals surface area contributed by atoms with Crippen molar-refractivity contribution in [1.29, 1.82) is 5.26 Å². The van der Waals surface area contributed by atoms with Crippen LogP contribution in [0.4, 0.5) is 19.0 Å². The Labute approximate surface area is 147 Å². The number of nitrogen functional groups attached to an aromatic ring is 1. The van der Waals surface area contributed by atoms with Gasteiger partial charge in [-0.1, -0.05) is 23.2 Å². The van der Waals surface area contributed by atoms with E-state index in [1.165, 1.54) is 6.26 Å². The van der Waals surface area contributed by atoms with Crippen LogP contribution in [-0.4, -0.2) is 20.2 Å². The Kier molecular flexibility index (Phi) is 5.13. The standard InChI is InChI=1S/C13H9Cl2F3N4OS/c1-24(23)5-7-10(4-19)21-22(12(7)20)11-8(14)2-6(3-9(11)15)13(16,17)18/h2-3H,5,20H2,1H3. The molecule has 0 saturated heterocycles. The Balaban J connectivity index is 2.68. The summed E-state index contributed by atoms with van der Waals surface area (Å²) in [6.07, 6.45) is -3.21. The number of benzene rings is 1. The molecule has 1 heterocycles. The molecule has 0 bridgehead atoms. The number of anilines is 1. The average Bonchev–Trinajstić information content (AvgIpc) is 2.74. The van der Waals surface area contributed by atoms with Crippen LogP contribution in [0.3, 0.4) is 0 Å². The summed E-state index contributed by atoms with van der Waals surface area (Å²) in [5, 5.41) is 12.4. The van der Waals surface area contributed by atoms with Gasteiger partial charge in [0.25, 0.3) is 0 Å². The molecule has 1 atom stereocenters. The second kappa shape index (κ2) is 6.63. The summed E-state index contributed by atoms with van der Waals surface area (Å²) in [5.74, 6) is -0.102. The summed E-state index contributed by atoms with van der Waals surface area (Å²) in [6, 6.07) is 3.17. The van der Waals surface area contributed by atoms with Crippen molar-refractivity contribution < 1.29 is 17.4 Å². The second-order valence-electron chi connectivity index (χ2n) is 4.74. The highest BCUT2D eigenvalue weighted by Gasteiger charge is 2.32. The zero-order chi connectivity index (χ0) is 18.2. The molecule has 24 heavy (non-hydrogen) atoms. The normalized spacial score (nSPS) is 12.9. The van der Waals surface area contributed by atoms with Gasteiger partial charge in [0.1, 0.15) is 17.6 Å². The van der Waals surface area contributed by atoms with Gasteiger partial charge in [0.2, 0.25) is 0 Å². The maximum atomic E-state index is 12.8. The van der Waals surface area contributed by atoms with Crippen LogP contribution in [0.15, 0.2) is 12.1 Å². The van der Waals surface area contributed by atoms with Crippen LogP contribution in [-0.2, 0) is 22.7 Å². The van der Waals surface area contributed by atoms with Gasteiger partial charge in [0.05, 0.1) is 21.4 Å². The minimum Gasteiger partial charge on any atom is -0.383 e. The van der Waals surface area contributed by atoms with Crippen LogP contribution in [0, 0.1) is 11.3 Å². The maximum absolute atomic E-state index is 12.8. The van der Waals surface area contributed by atoms with E-state index in [1.807, 2.05) is 0 Å². The average molecular weight is 397 g/mol. The fourth-order valence-electron chi connectivity index (χ4n) is 2.00. The van der Waals surface area contributed by atoms with E-state index in [1.54, 1.807) is 6.07 Å². The van der Waals surface area contributed by atoms with Crippen LogP contribution in [0.1, 0.15) is 16.8 Å². The summed E-state index contributed by atoms with van der Waals surface area (Å²) in [6.45, 7) is 0. The number of alkyl halides is 3. The van der Waals surface area contributed by atoms with Crippen LogP contribution >= 0.6 is 23.2 Å². The summed E-state index contributed by atoms with van der Waals surface area (Å²) in [5.41, 5.74) is 4.89. The van der Waals surface area contributed by atoms with E-state index in [2.05, 4.69) is 5.10 Å². The molecule has 1 aromatic carbocycles. The number of nitrogens with zero attached hydrogens (tertiary/aromatic N) is 3. The van der Waals surface area contributed by atoms with Gasteiger partial charge in [-0.15, -0.1) is 0 Å². The number of rotatable bonds is 3. The molecule has 0 aliphatic carbocycles. The Morgan fingerprint density at radius 1 is 1.38 bits per heavy atom. The molecule has 11 heteroatoms. The fraction of sp³-hybridized carbons (Fsp3) is 0.231. The second-order valence-corrected chi connectivity index (χ2v) is 6.99. The largest absolute Gasteiger partial charge is 0.416 e. The lowest BCUT2D eigenvalue weighted by atomic mass is 10.2. The molecule has 1 unspecified atom stereocenters. The molecule has 0 amide bonds. The van der Waals surface area contributed by atoms with Crippen LogP contribution in [0.2, 0.25) is 10.0 Å². The van der Waals surface area contributed by atoms with Crippen molar-refractivity contribution in [3.63, 3.8) is 0 Å². The van der Waals surface area contributed by atoms with E-state index in [0.29, 0.717) is 12.1 Å². The molecular formula is C13H9Cl2F3N4OS. The third-order valence-corrected chi connectivity index (χ3v) is 4.30. The van der Waals surface area contributed by atoms with Crippen molar-refractivity contribution in [2.24, 2.45) is 0 Å². The zero-order valence-corrected chi connectivity index (χ0v) is 14.3. The predicted octanol–water partition coefficient (Wildman–Crippen LogP) is 3.53. The minimum absolute atomic E-state index is 0.0371. The molecule has 2 N–H and O–H groups in total. The molecule has 2 rings (SSSR count). The van der Waals surface area contributed by atoms with Gasteiger partial charge in [-0.3, -0.25) is 4.21 Å². The van der Waals surface area contributed by atoms with E-state index in [4.69, 9.17) is 34.2 Å². The summed E-state index contributed by atoms with van der Waals surface area (Å²) in [7, 11) is -1.31. The van der Waals surface area contributed by atoms with Crippen molar-refractivity contribution in [2.45, 2.75) is 11.9 Å². The molecular weight excluding hydrogens is 388 g/mol. The molecule has 0 aliphatic heterocycles. The van der Waals surface area contributed by atoms with Gasteiger partial charge >= 0.3 is 6.18 Å². The van der Waals surface area contributed by atoms with Gasteiger partial charge < -0.3 is 5.73 Å². The van der Waals surface area contributed by atoms with E-state index < -0.39 is 22.5 Å². The zero-order valence-electron chi connectivity index (χ0n) is 12.0. The number of halogens is 5. The van der Waals surface area contributed by atoms with Crippen LogP contribution in [0.25, 0.3) is 5.69 Å². The summed E-state index contributed by atoms with van der Waals surface area (Å²) < 4.78 is 50.7. The maximum Gasteiger partial charge on any atom is 0.416 e. The first kappa shape index (κ1) is 18.6. The number of hydrogen-bond acceptors (Lipinski definition) is 4. The lowest BCUT2D eigenvalue weighted by molar-refractivity contribution is -0.137. The highest BCUT2D eigenvalue weighted by atomic mass is 35.5.